The first kappa shape index (κ1) is 15.8. The van der Waals surface area contributed by atoms with Gasteiger partial charge >= 0.3 is 0 Å². The van der Waals surface area contributed by atoms with Gasteiger partial charge in [-0.05, 0) is 52.9 Å². The molecule has 4 nitrogen and oxygen atoms in total. The molecule has 2 amide bonds. The first-order valence-electron chi connectivity index (χ1n) is 6.13. The maximum atomic E-state index is 12.2. The molecule has 2 rings (SSSR count). The van der Waals surface area contributed by atoms with Crippen LogP contribution in [0, 0.1) is 3.57 Å². The second kappa shape index (κ2) is 7.46. The zero-order chi connectivity index (χ0) is 15.2. The molecule has 0 spiro atoms. The fourth-order valence-electron chi connectivity index (χ4n) is 1.67. The highest BCUT2D eigenvalue weighted by Crippen LogP contribution is 2.27. The highest BCUT2D eigenvalue weighted by Gasteiger charge is 2.10. The number of carbonyl (C=O) groups is 2. The van der Waals surface area contributed by atoms with Crippen LogP contribution in [0.1, 0.15) is 10.4 Å². The summed E-state index contributed by atoms with van der Waals surface area (Å²) in [7, 11) is 0. The Morgan fingerprint density at radius 2 is 1.90 bits per heavy atom. The van der Waals surface area contributed by atoms with E-state index in [9.17, 15) is 9.59 Å². The number of hydrogen-bond donors (Lipinski definition) is 2. The van der Waals surface area contributed by atoms with E-state index in [1.165, 1.54) is 11.8 Å². The lowest BCUT2D eigenvalue weighted by Gasteiger charge is -2.10. The first-order chi connectivity index (χ1) is 10.1. The van der Waals surface area contributed by atoms with Gasteiger partial charge in [0.15, 0.2) is 0 Å². The van der Waals surface area contributed by atoms with E-state index in [4.69, 9.17) is 5.73 Å². The van der Waals surface area contributed by atoms with Gasteiger partial charge in [0.05, 0.1) is 11.4 Å². The van der Waals surface area contributed by atoms with Crippen LogP contribution >= 0.6 is 34.4 Å². The van der Waals surface area contributed by atoms with Crippen LogP contribution in [-0.2, 0) is 4.79 Å². The van der Waals surface area contributed by atoms with Gasteiger partial charge in [-0.25, -0.2) is 0 Å². The maximum absolute atomic E-state index is 12.2. The Balaban J connectivity index is 2.15. The summed E-state index contributed by atoms with van der Waals surface area (Å²) in [5, 5.41) is 2.86. The first-order valence-corrected chi connectivity index (χ1v) is 8.20. The van der Waals surface area contributed by atoms with Crippen LogP contribution in [0.15, 0.2) is 53.4 Å². The molecule has 0 fully saturated rings. The number of primary amides is 1. The van der Waals surface area contributed by atoms with Crippen LogP contribution in [0.4, 0.5) is 5.69 Å². The van der Waals surface area contributed by atoms with Gasteiger partial charge in [-0.1, -0.05) is 18.2 Å². The van der Waals surface area contributed by atoms with Gasteiger partial charge in [0, 0.05) is 14.0 Å². The number of nitrogens with one attached hydrogen (secondary N) is 1. The molecule has 0 heterocycles. The van der Waals surface area contributed by atoms with E-state index in [1.807, 2.05) is 36.4 Å². The lowest BCUT2D eigenvalue weighted by Crippen LogP contribution is -2.14. The Hall–Kier alpha value is -1.54. The Bertz CT molecular complexity index is 676. The van der Waals surface area contributed by atoms with Crippen LogP contribution in [0.5, 0.6) is 0 Å². The molecule has 21 heavy (non-hydrogen) atoms. The summed E-state index contributed by atoms with van der Waals surface area (Å²) in [5.74, 6) is -0.393. The standard InChI is InChI=1S/C15H13IN2O2S/c16-11-5-3-4-10(8-11)15(20)18-12-6-1-2-7-13(12)21-9-14(17)19/h1-8H,9H2,(H2,17,19)(H,18,20). The summed E-state index contributed by atoms with van der Waals surface area (Å²) < 4.78 is 0.997. The average Bonchev–Trinajstić information content (AvgIpc) is 2.46. The van der Waals surface area contributed by atoms with Crippen LogP contribution in [0.3, 0.4) is 0 Å². The molecule has 2 aromatic rings. The number of para-hydroxylation sites is 1. The fourth-order valence-corrected chi connectivity index (χ4v) is 2.96. The van der Waals surface area contributed by atoms with E-state index >= 15 is 0 Å². The number of carbonyl (C=O) groups excluding carboxylic acids is 2. The Morgan fingerprint density at radius 3 is 2.62 bits per heavy atom. The molecule has 0 aliphatic carbocycles. The smallest absolute Gasteiger partial charge is 0.255 e. The number of thioether (sulfide) groups is 1. The van der Waals surface area contributed by atoms with Gasteiger partial charge in [0.1, 0.15) is 0 Å². The van der Waals surface area contributed by atoms with Crippen molar-refractivity contribution in [1.82, 2.24) is 0 Å². The molecular weight excluding hydrogens is 399 g/mol. The molecule has 2 aromatic carbocycles. The summed E-state index contributed by atoms with van der Waals surface area (Å²) >= 11 is 3.47. The van der Waals surface area contributed by atoms with Crippen molar-refractivity contribution >= 4 is 51.9 Å². The third-order valence-corrected chi connectivity index (χ3v) is 4.36. The van der Waals surface area contributed by atoms with Crippen molar-refractivity contribution in [2.75, 3.05) is 11.1 Å². The number of amides is 2. The molecule has 0 atom stereocenters. The quantitative estimate of drug-likeness (QED) is 0.586. The summed E-state index contributed by atoms with van der Waals surface area (Å²) in [6.07, 6.45) is 0. The normalized spacial score (nSPS) is 10.1. The van der Waals surface area contributed by atoms with Crippen molar-refractivity contribution in [3.05, 3.63) is 57.7 Å². The van der Waals surface area contributed by atoms with Crippen molar-refractivity contribution in [3.8, 4) is 0 Å². The number of anilines is 1. The minimum atomic E-state index is -0.390. The minimum Gasteiger partial charge on any atom is -0.369 e. The monoisotopic (exact) mass is 412 g/mol. The van der Waals surface area contributed by atoms with E-state index in [0.29, 0.717) is 11.3 Å². The topological polar surface area (TPSA) is 72.2 Å². The van der Waals surface area contributed by atoms with Gasteiger partial charge in [-0.3, -0.25) is 9.59 Å². The van der Waals surface area contributed by atoms with Crippen LogP contribution in [0.25, 0.3) is 0 Å². The lowest BCUT2D eigenvalue weighted by atomic mass is 10.2. The minimum absolute atomic E-state index is 0.177. The van der Waals surface area contributed by atoms with Crippen LogP contribution in [-0.4, -0.2) is 17.6 Å². The molecular formula is C15H13IN2O2S. The number of benzene rings is 2. The van der Waals surface area contributed by atoms with Gasteiger partial charge in [0.25, 0.3) is 5.91 Å². The third kappa shape index (κ3) is 4.75. The molecule has 6 heteroatoms. The average molecular weight is 412 g/mol. The predicted octanol–water partition coefficient (Wildman–Crippen LogP) is 3.12. The molecule has 0 unspecified atom stereocenters. The maximum Gasteiger partial charge on any atom is 0.255 e. The highest BCUT2D eigenvalue weighted by molar-refractivity contribution is 14.1. The van der Waals surface area contributed by atoms with Gasteiger partial charge < -0.3 is 11.1 Å². The van der Waals surface area contributed by atoms with Gasteiger partial charge in [-0.15, -0.1) is 11.8 Å². The molecule has 0 bridgehead atoms. The van der Waals surface area contributed by atoms with E-state index in [0.717, 1.165) is 8.47 Å². The number of halogens is 1. The van der Waals surface area contributed by atoms with Crippen LogP contribution < -0.4 is 11.1 Å². The van der Waals surface area contributed by atoms with Crippen molar-refractivity contribution in [1.29, 1.82) is 0 Å². The Morgan fingerprint density at radius 1 is 1.14 bits per heavy atom. The van der Waals surface area contributed by atoms with Gasteiger partial charge in [-0.2, -0.15) is 0 Å². The lowest BCUT2D eigenvalue weighted by molar-refractivity contribution is -0.115. The summed E-state index contributed by atoms with van der Waals surface area (Å²) in [6, 6.07) is 14.7. The SMILES string of the molecule is NC(=O)CSc1ccccc1NC(=O)c1cccc(I)c1. The molecule has 0 aromatic heterocycles. The number of rotatable bonds is 5. The van der Waals surface area contributed by atoms with E-state index in [1.54, 1.807) is 12.1 Å². The Labute approximate surface area is 140 Å². The van der Waals surface area contributed by atoms with Crippen LogP contribution in [0.2, 0.25) is 0 Å². The Kier molecular flexibility index (Phi) is 5.63. The third-order valence-electron chi connectivity index (χ3n) is 2.59. The van der Waals surface area contributed by atoms with Crippen molar-refractivity contribution in [3.63, 3.8) is 0 Å². The molecule has 108 valence electrons. The molecule has 3 N–H and O–H groups in total. The van der Waals surface area contributed by atoms with Crippen molar-refractivity contribution < 1.29 is 9.59 Å². The second-order valence-electron chi connectivity index (χ2n) is 4.22. The van der Waals surface area contributed by atoms with Crippen molar-refractivity contribution in [2.45, 2.75) is 4.90 Å². The van der Waals surface area contributed by atoms with Gasteiger partial charge in [0.2, 0.25) is 5.91 Å². The summed E-state index contributed by atoms with van der Waals surface area (Å²) in [4.78, 5) is 23.9. The van der Waals surface area contributed by atoms with E-state index < -0.39 is 5.91 Å². The zero-order valence-electron chi connectivity index (χ0n) is 11.0. The zero-order valence-corrected chi connectivity index (χ0v) is 14.0. The number of hydrogen-bond acceptors (Lipinski definition) is 3. The highest BCUT2D eigenvalue weighted by atomic mass is 127. The van der Waals surface area contributed by atoms with E-state index in [-0.39, 0.29) is 11.7 Å². The fraction of sp³-hybridized carbons (Fsp3) is 0.0667. The number of nitrogens with two attached hydrogens (primary N) is 1. The second-order valence-corrected chi connectivity index (χ2v) is 6.48. The molecule has 0 radical (unpaired) electrons. The largest absolute Gasteiger partial charge is 0.369 e. The molecule has 0 aliphatic rings. The van der Waals surface area contributed by atoms with E-state index in [2.05, 4.69) is 27.9 Å². The molecule has 0 saturated carbocycles. The van der Waals surface area contributed by atoms with Crippen molar-refractivity contribution in [2.24, 2.45) is 5.73 Å². The summed E-state index contributed by atoms with van der Waals surface area (Å²) in [6.45, 7) is 0. The molecule has 0 aliphatic heterocycles. The summed E-state index contributed by atoms with van der Waals surface area (Å²) in [5.41, 5.74) is 6.42. The molecule has 0 saturated heterocycles. The predicted molar refractivity (Wildman–Crippen MR) is 93.5 cm³/mol.